The second kappa shape index (κ2) is 9.03. The van der Waals surface area contributed by atoms with Gasteiger partial charge in [0.2, 0.25) is 0 Å². The topological polar surface area (TPSA) is 84.9 Å². The number of cyclic esters (lactones) is 1. The number of carbonyl (C=O) groups excluding carboxylic acids is 2. The number of esters is 1. The van der Waals surface area contributed by atoms with Crippen molar-refractivity contribution in [3.63, 3.8) is 0 Å². The summed E-state index contributed by atoms with van der Waals surface area (Å²) in [6.45, 7) is 11.9. The molecule has 0 aromatic heterocycles. The summed E-state index contributed by atoms with van der Waals surface area (Å²) in [4.78, 5) is 24.1. The van der Waals surface area contributed by atoms with Crippen LogP contribution >= 0.6 is 0 Å². The highest BCUT2D eigenvalue weighted by molar-refractivity contribution is 5.90. The normalized spacial score (nSPS) is 35.2. The molecule has 0 spiro atoms. The quantitative estimate of drug-likeness (QED) is 0.424. The van der Waals surface area contributed by atoms with Crippen molar-refractivity contribution in [3.8, 4) is 0 Å². The van der Waals surface area contributed by atoms with Gasteiger partial charge in [0.25, 0.3) is 0 Å². The van der Waals surface area contributed by atoms with Crippen LogP contribution < -0.4 is 5.32 Å². The molecule has 2 aliphatic rings. The van der Waals surface area contributed by atoms with Crippen LogP contribution in [-0.4, -0.2) is 42.0 Å². The van der Waals surface area contributed by atoms with Crippen molar-refractivity contribution in [1.29, 1.82) is 0 Å². The van der Waals surface area contributed by atoms with E-state index in [0.29, 0.717) is 30.5 Å². The Morgan fingerprint density at radius 2 is 2.00 bits per heavy atom. The summed E-state index contributed by atoms with van der Waals surface area (Å²) in [5.74, 6) is -0.966. The first-order valence-corrected chi connectivity index (χ1v) is 9.14. The Kier molecular flexibility index (Phi) is 7.03. The van der Waals surface area contributed by atoms with Gasteiger partial charge in [0.1, 0.15) is 12.2 Å². The first kappa shape index (κ1) is 20.2. The van der Waals surface area contributed by atoms with Gasteiger partial charge in [-0.3, -0.25) is 0 Å². The highest BCUT2D eigenvalue weighted by Crippen LogP contribution is 2.36. The van der Waals surface area contributed by atoms with E-state index in [1.54, 1.807) is 6.92 Å². The van der Waals surface area contributed by atoms with E-state index in [1.165, 1.54) is 0 Å². The summed E-state index contributed by atoms with van der Waals surface area (Å²) in [7, 11) is 0. The minimum atomic E-state index is -0.804. The Morgan fingerprint density at radius 3 is 2.69 bits per heavy atom. The number of amides is 1. The number of hydrogen-bond donors (Lipinski definition) is 2. The van der Waals surface area contributed by atoms with E-state index >= 15 is 0 Å². The van der Waals surface area contributed by atoms with Crippen LogP contribution in [0.3, 0.4) is 0 Å². The molecule has 146 valence electrons. The molecular formula is C20H31NO5. The van der Waals surface area contributed by atoms with Crippen LogP contribution in [0.4, 0.5) is 4.79 Å². The monoisotopic (exact) mass is 365 g/mol. The summed E-state index contributed by atoms with van der Waals surface area (Å²) < 4.78 is 10.9. The molecule has 0 unspecified atom stereocenters. The van der Waals surface area contributed by atoms with Gasteiger partial charge in [-0.15, -0.1) is 0 Å². The number of aliphatic hydroxyl groups is 1. The standard InChI is InChI=1S/C20H29NO5.H2/c1-12(2)16-11-15-14(4)19(23)26-18(15)17(22)13(3)9-7-5-6-8-10-21-20(24)25-16;/h5-6,13,15-18,22H,1,4,7-11H2,2-3H3,(H,21,24);1H/b6-5-;/t13-,15-,16-,17-,18-;/m0./s1. The van der Waals surface area contributed by atoms with Crippen LogP contribution in [0.1, 0.15) is 41.0 Å². The molecule has 1 fully saturated rings. The molecule has 0 radical (unpaired) electrons. The van der Waals surface area contributed by atoms with Crippen molar-refractivity contribution in [1.82, 2.24) is 5.32 Å². The average molecular weight is 365 g/mol. The molecule has 2 heterocycles. The van der Waals surface area contributed by atoms with E-state index in [4.69, 9.17) is 9.47 Å². The zero-order valence-corrected chi connectivity index (χ0v) is 15.6. The van der Waals surface area contributed by atoms with Crippen LogP contribution in [-0.2, 0) is 14.3 Å². The molecule has 0 saturated carbocycles. The predicted molar refractivity (Wildman–Crippen MR) is 100 cm³/mol. The van der Waals surface area contributed by atoms with Crippen LogP contribution in [0.25, 0.3) is 0 Å². The third-order valence-corrected chi connectivity index (χ3v) is 5.07. The van der Waals surface area contributed by atoms with Crippen molar-refractivity contribution in [3.05, 3.63) is 36.5 Å². The number of rotatable bonds is 1. The van der Waals surface area contributed by atoms with Gasteiger partial charge in [-0.1, -0.05) is 32.2 Å². The fraction of sp³-hybridized carbons (Fsp3) is 0.600. The van der Waals surface area contributed by atoms with E-state index in [2.05, 4.69) is 18.5 Å². The molecule has 26 heavy (non-hydrogen) atoms. The minimum Gasteiger partial charge on any atom is -0.456 e. The van der Waals surface area contributed by atoms with Gasteiger partial charge >= 0.3 is 12.1 Å². The molecule has 2 aliphatic heterocycles. The Labute approximate surface area is 156 Å². The van der Waals surface area contributed by atoms with Crippen molar-refractivity contribution < 1.29 is 25.6 Å². The number of hydrogen-bond acceptors (Lipinski definition) is 5. The average Bonchev–Trinajstić information content (AvgIpc) is 2.86. The molecule has 0 aliphatic carbocycles. The molecule has 2 N–H and O–H groups in total. The first-order chi connectivity index (χ1) is 12.3. The van der Waals surface area contributed by atoms with Crippen LogP contribution in [0, 0.1) is 11.8 Å². The van der Waals surface area contributed by atoms with E-state index in [1.807, 2.05) is 19.1 Å². The van der Waals surface area contributed by atoms with Crippen molar-refractivity contribution in [2.24, 2.45) is 11.8 Å². The van der Waals surface area contributed by atoms with Gasteiger partial charge in [-0.25, -0.2) is 9.59 Å². The molecule has 1 saturated heterocycles. The highest BCUT2D eigenvalue weighted by Gasteiger charge is 2.45. The smallest absolute Gasteiger partial charge is 0.407 e. The zero-order valence-electron chi connectivity index (χ0n) is 15.6. The summed E-state index contributed by atoms with van der Waals surface area (Å²) >= 11 is 0. The lowest BCUT2D eigenvalue weighted by atomic mass is 9.83. The zero-order chi connectivity index (χ0) is 19.3. The third kappa shape index (κ3) is 4.97. The molecule has 0 aromatic carbocycles. The Morgan fingerprint density at radius 1 is 1.31 bits per heavy atom. The van der Waals surface area contributed by atoms with Crippen molar-refractivity contribution >= 4 is 12.1 Å². The van der Waals surface area contributed by atoms with E-state index in [0.717, 1.165) is 12.8 Å². The summed E-state index contributed by atoms with van der Waals surface area (Å²) in [5.41, 5.74) is 0.971. The Bertz CT molecular complexity index is 603. The predicted octanol–water partition coefficient (Wildman–Crippen LogP) is 3.13. The van der Waals surface area contributed by atoms with Crippen LogP contribution in [0.2, 0.25) is 0 Å². The molecule has 6 heteroatoms. The molecule has 2 rings (SSSR count). The molecule has 6 nitrogen and oxygen atoms in total. The van der Waals surface area contributed by atoms with Gasteiger partial charge in [0.15, 0.2) is 0 Å². The lowest BCUT2D eigenvalue weighted by Crippen LogP contribution is -2.39. The molecule has 5 atom stereocenters. The SMILES string of the molecule is C=C(C)[C@@H]1C[C@H]2C(=C)C(=O)O[C@@H]2[C@@H](O)[C@@H](C)CC/C=C\CCNC(=O)O1.[HH]. The number of nitrogens with one attached hydrogen (secondary N) is 1. The molecular weight excluding hydrogens is 334 g/mol. The van der Waals surface area contributed by atoms with Crippen molar-refractivity contribution in [2.45, 2.75) is 57.8 Å². The van der Waals surface area contributed by atoms with Gasteiger partial charge in [-0.2, -0.15) is 0 Å². The van der Waals surface area contributed by atoms with Crippen LogP contribution in [0.15, 0.2) is 36.5 Å². The summed E-state index contributed by atoms with van der Waals surface area (Å²) in [6, 6.07) is 0. The maximum absolute atomic E-state index is 12.0. The van der Waals surface area contributed by atoms with Gasteiger partial charge in [0, 0.05) is 19.5 Å². The maximum Gasteiger partial charge on any atom is 0.407 e. The van der Waals surface area contributed by atoms with E-state index in [-0.39, 0.29) is 7.34 Å². The molecule has 0 aromatic rings. The van der Waals surface area contributed by atoms with Gasteiger partial charge < -0.3 is 19.9 Å². The number of fused-ring (bicyclic) bond motifs is 1. The Hall–Kier alpha value is -2.08. The van der Waals surface area contributed by atoms with Gasteiger partial charge in [0.05, 0.1) is 6.10 Å². The number of ether oxygens (including phenoxy) is 2. The number of allylic oxidation sites excluding steroid dienone is 1. The molecule has 1 amide bonds. The lowest BCUT2D eigenvalue weighted by Gasteiger charge is -2.29. The fourth-order valence-electron chi connectivity index (χ4n) is 3.31. The lowest BCUT2D eigenvalue weighted by molar-refractivity contribution is -0.146. The number of carbonyl (C=O) groups is 2. The fourth-order valence-corrected chi connectivity index (χ4v) is 3.31. The Balaban J connectivity index is 0.00000364. The van der Waals surface area contributed by atoms with E-state index in [9.17, 15) is 14.7 Å². The third-order valence-electron chi connectivity index (χ3n) is 5.07. The largest absolute Gasteiger partial charge is 0.456 e. The summed E-state index contributed by atoms with van der Waals surface area (Å²) in [5, 5.41) is 13.5. The summed E-state index contributed by atoms with van der Waals surface area (Å²) in [6.07, 6.45) is 4.03. The van der Waals surface area contributed by atoms with Crippen LogP contribution in [0.5, 0.6) is 0 Å². The second-order valence-electron chi connectivity index (χ2n) is 7.21. The number of aliphatic hydroxyl groups excluding tert-OH is 1. The van der Waals surface area contributed by atoms with Crippen molar-refractivity contribution in [2.75, 3.05) is 6.54 Å². The first-order valence-electron chi connectivity index (χ1n) is 9.14. The second-order valence-corrected chi connectivity index (χ2v) is 7.21. The number of alkyl carbamates (subject to hydrolysis) is 1. The highest BCUT2D eigenvalue weighted by atomic mass is 16.6. The van der Waals surface area contributed by atoms with E-state index < -0.39 is 36.3 Å². The molecule has 0 bridgehead atoms. The minimum absolute atomic E-state index is 0. The van der Waals surface area contributed by atoms with Gasteiger partial charge in [-0.05, 0) is 44.1 Å². The maximum atomic E-state index is 12.0.